The first-order chi connectivity index (χ1) is 14.0. The van der Waals surface area contributed by atoms with Crippen molar-refractivity contribution < 1.29 is 46.7 Å². The highest BCUT2D eigenvalue weighted by Crippen LogP contribution is 2.33. The van der Waals surface area contributed by atoms with Crippen molar-refractivity contribution in [1.29, 1.82) is 0 Å². The van der Waals surface area contributed by atoms with E-state index in [2.05, 4.69) is 4.98 Å². The third-order valence-electron chi connectivity index (χ3n) is 3.05. The smallest absolute Gasteiger partial charge is 0.418 e. The Bertz CT molecular complexity index is 818. The lowest BCUT2D eigenvalue weighted by Gasteiger charge is -2.14. The van der Waals surface area contributed by atoms with Crippen molar-refractivity contribution in [1.82, 2.24) is 0 Å². The van der Waals surface area contributed by atoms with Gasteiger partial charge in [0, 0.05) is 29.8 Å². The lowest BCUT2D eigenvalue weighted by atomic mass is 9.88. The molecular weight excluding hydrogens is 420 g/mol. The van der Waals surface area contributed by atoms with Crippen LogP contribution in [0.15, 0.2) is 41.0 Å². The molecule has 0 aliphatic heterocycles. The van der Waals surface area contributed by atoms with Gasteiger partial charge in [0.15, 0.2) is 12.4 Å². The Hall–Kier alpha value is -2.13. The summed E-state index contributed by atoms with van der Waals surface area (Å²) < 4.78 is 101. The molecule has 0 aromatic carbocycles. The third-order valence-corrected chi connectivity index (χ3v) is 3.05. The van der Waals surface area contributed by atoms with E-state index >= 15 is 0 Å². The zero-order valence-electron chi connectivity index (χ0n) is 19.4. The first-order valence-corrected chi connectivity index (χ1v) is 8.73. The maximum Gasteiger partial charge on any atom is 0.673 e. The van der Waals surface area contributed by atoms with Crippen LogP contribution in [0.25, 0.3) is 11.1 Å². The molecule has 0 unspecified atom stereocenters. The van der Waals surface area contributed by atoms with Gasteiger partial charge in [-0.1, -0.05) is 0 Å². The number of H-pyrrole nitrogens is 1. The Morgan fingerprint density at radius 2 is 1.00 bits per heavy atom. The van der Waals surface area contributed by atoms with Crippen LogP contribution < -0.4 is 4.98 Å². The summed E-state index contributed by atoms with van der Waals surface area (Å²) in [6.45, 7) is 12.2. The van der Waals surface area contributed by atoms with Crippen LogP contribution in [0.3, 0.4) is 0 Å². The highest BCUT2D eigenvalue weighted by molar-refractivity contribution is 6.50. The van der Waals surface area contributed by atoms with Crippen molar-refractivity contribution in [3.63, 3.8) is 0 Å². The Morgan fingerprint density at radius 1 is 0.700 bits per heavy atom. The predicted octanol–water partition coefficient (Wildman–Crippen LogP) is 7.24. The minimum atomic E-state index is -6.00. The van der Waals surface area contributed by atoms with Gasteiger partial charge in [-0.05, 0) is 47.1 Å². The van der Waals surface area contributed by atoms with Gasteiger partial charge < -0.3 is 34.5 Å². The van der Waals surface area contributed by atoms with Crippen molar-refractivity contribution in [2.45, 2.75) is 52.4 Å². The van der Waals surface area contributed by atoms with Crippen LogP contribution in [0.5, 0.6) is 0 Å². The van der Waals surface area contributed by atoms with E-state index in [9.17, 15) is 34.5 Å². The molecule has 2 heterocycles. The van der Waals surface area contributed by atoms with Crippen molar-refractivity contribution in [3.8, 4) is 11.1 Å². The number of aromatic nitrogens is 1. The summed E-state index contributed by atoms with van der Waals surface area (Å²) in [7, 11) is -12.0. The van der Waals surface area contributed by atoms with Gasteiger partial charge in [0.05, 0.1) is 13.6 Å². The van der Waals surface area contributed by atoms with Crippen LogP contribution in [-0.4, -0.2) is 14.5 Å². The summed E-state index contributed by atoms with van der Waals surface area (Å²) in [5.41, 5.74) is 0.914. The lowest BCUT2D eigenvalue weighted by molar-refractivity contribution is -0.377. The molecule has 2 rings (SSSR count). The fraction of sp³-hybridized carbons (Fsp3) is 0.444. The number of aromatic amines is 1. The van der Waals surface area contributed by atoms with E-state index in [0.29, 0.717) is 29.2 Å². The van der Waals surface area contributed by atoms with E-state index < -0.39 is 14.5 Å². The average molecular weight is 447 g/mol. The van der Waals surface area contributed by atoms with Gasteiger partial charge in [-0.3, -0.25) is 0 Å². The zero-order valence-corrected chi connectivity index (χ0v) is 17.4. The largest absolute Gasteiger partial charge is 0.673 e. The standard InChI is InChI=1S/C18H24NO.2BF4/c1-17(2,3)15-11-14(13-7-9-19-10-8-13)12-16(20-15)18(4,5)6;2*2-1(3,4)5/h7-12H,1-6H3;;/q+1;2*-1/p+1/i11D,12D;;. The van der Waals surface area contributed by atoms with Crippen LogP contribution >= 0.6 is 0 Å². The van der Waals surface area contributed by atoms with Gasteiger partial charge in [-0.15, -0.1) is 0 Å². The molecule has 12 heteroatoms. The molecule has 0 saturated carbocycles. The van der Waals surface area contributed by atoms with Gasteiger partial charge in [0.2, 0.25) is 0 Å². The number of halogens is 8. The van der Waals surface area contributed by atoms with E-state index in [0.717, 1.165) is 5.56 Å². The first-order valence-electron chi connectivity index (χ1n) is 9.73. The molecule has 30 heavy (non-hydrogen) atoms. The Labute approximate surface area is 173 Å². The molecule has 2 nitrogen and oxygen atoms in total. The number of rotatable bonds is 1. The van der Waals surface area contributed by atoms with Crippen molar-refractivity contribution >= 4 is 14.5 Å². The predicted molar refractivity (Wildman–Crippen MR) is 103 cm³/mol. The molecule has 0 spiro atoms. The second kappa shape index (κ2) is 10.3. The lowest BCUT2D eigenvalue weighted by Crippen LogP contribution is -2.16. The second-order valence-electron chi connectivity index (χ2n) is 8.16. The van der Waals surface area contributed by atoms with Crippen LogP contribution in [-0.2, 0) is 10.8 Å². The quantitative estimate of drug-likeness (QED) is 0.257. The SMILES string of the molecule is F[B-](F)(F)F.F[B-](F)(F)F.[2H]c1c(C(C)(C)C)[o+]c(C(C)(C)C)c([2H])c1-c1cc[nH+]cc1. The average Bonchev–Trinajstić information content (AvgIpc) is 2.50. The fourth-order valence-corrected chi connectivity index (χ4v) is 1.79. The van der Waals surface area contributed by atoms with Crippen molar-refractivity contribution in [3.05, 3.63) is 48.1 Å². The Morgan fingerprint density at radius 3 is 1.27 bits per heavy atom. The van der Waals surface area contributed by atoms with Gasteiger partial charge in [0.25, 0.3) is 0 Å². The molecule has 0 aliphatic rings. The van der Waals surface area contributed by atoms with Gasteiger partial charge in [-0.2, -0.15) is 0 Å². The monoisotopic (exact) mass is 447 g/mol. The molecule has 2 aromatic heterocycles. The second-order valence-corrected chi connectivity index (χ2v) is 8.16. The van der Waals surface area contributed by atoms with E-state index in [-0.39, 0.29) is 10.8 Å². The molecular formula is C18H25B2F8NO. The molecule has 0 fully saturated rings. The van der Waals surface area contributed by atoms with Crippen LogP contribution in [0.2, 0.25) is 0 Å². The van der Waals surface area contributed by atoms with Crippen molar-refractivity contribution in [2.75, 3.05) is 0 Å². The first kappa shape index (κ1) is 24.1. The maximum atomic E-state index is 9.75. The zero-order chi connectivity index (χ0) is 25.7. The molecule has 170 valence electrons. The molecule has 0 saturated heterocycles. The molecule has 0 aliphatic carbocycles. The number of pyridine rings is 1. The van der Waals surface area contributed by atoms with Crippen LogP contribution in [0, 0.1) is 0 Å². The van der Waals surface area contributed by atoms with E-state index in [4.69, 9.17) is 7.16 Å². The minimum Gasteiger partial charge on any atom is -0.418 e. The normalized spacial score (nSPS) is 13.3. The van der Waals surface area contributed by atoms with Crippen molar-refractivity contribution in [2.24, 2.45) is 0 Å². The summed E-state index contributed by atoms with van der Waals surface area (Å²) in [5.74, 6) is 1.24. The number of hydrogen-bond acceptors (Lipinski definition) is 0. The Balaban J connectivity index is 0.000000805. The summed E-state index contributed by atoms with van der Waals surface area (Å²) in [4.78, 5) is 2.99. The molecule has 0 amide bonds. The maximum absolute atomic E-state index is 9.75. The summed E-state index contributed by atoms with van der Waals surface area (Å²) in [5, 5.41) is 0. The van der Waals surface area contributed by atoms with Gasteiger partial charge in [0.1, 0.15) is 0 Å². The molecule has 0 radical (unpaired) electrons. The fourth-order valence-electron chi connectivity index (χ4n) is 1.79. The highest BCUT2D eigenvalue weighted by Gasteiger charge is 2.34. The molecule has 0 bridgehead atoms. The number of hydrogen-bond donors (Lipinski definition) is 0. The van der Waals surface area contributed by atoms with Gasteiger partial charge in [-0.25, -0.2) is 9.40 Å². The minimum absolute atomic E-state index is 0.291. The van der Waals surface area contributed by atoms with Gasteiger partial charge >= 0.3 is 26.0 Å². The topological polar surface area (TPSA) is 25.4 Å². The van der Waals surface area contributed by atoms with Crippen LogP contribution in [0.4, 0.5) is 34.5 Å². The summed E-state index contributed by atoms with van der Waals surface area (Å²) >= 11 is 0. The highest BCUT2D eigenvalue weighted by atomic mass is 19.5. The van der Waals surface area contributed by atoms with E-state index in [1.54, 1.807) is 0 Å². The van der Waals surface area contributed by atoms with E-state index in [1.165, 1.54) is 0 Å². The number of nitrogens with one attached hydrogen (secondary N) is 1. The third kappa shape index (κ3) is 13.9. The molecule has 1 N–H and O–H groups in total. The molecule has 2 aromatic rings. The Kier molecular flexibility index (Phi) is 8.25. The van der Waals surface area contributed by atoms with E-state index in [1.807, 2.05) is 66.1 Å². The summed E-state index contributed by atoms with van der Waals surface area (Å²) in [6, 6.07) is 4.39. The van der Waals surface area contributed by atoms with Crippen LogP contribution in [0.1, 0.15) is 55.8 Å². The molecule has 0 atom stereocenters. The summed E-state index contributed by atoms with van der Waals surface area (Å²) in [6.07, 6.45) is 3.62.